The van der Waals surface area contributed by atoms with Gasteiger partial charge >= 0.3 is 0 Å². The van der Waals surface area contributed by atoms with Crippen LogP contribution in [0.4, 0.5) is 0 Å². The average Bonchev–Trinajstić information content (AvgIpc) is 3.66. The molecule has 8 rings (SSSR count). The van der Waals surface area contributed by atoms with Gasteiger partial charge in [-0.15, -0.1) is 0 Å². The van der Waals surface area contributed by atoms with Crippen molar-refractivity contribution >= 4 is 32.8 Å². The Bertz CT molecular complexity index is 2570. The minimum absolute atomic E-state index is 0.190. The molecule has 0 saturated heterocycles. The molecule has 0 unspecified atom stereocenters. The van der Waals surface area contributed by atoms with Gasteiger partial charge in [-0.05, 0) is 102 Å². The van der Waals surface area contributed by atoms with E-state index in [1.54, 1.807) is 6.20 Å². The van der Waals surface area contributed by atoms with Crippen LogP contribution in [0, 0.1) is 13.8 Å². The van der Waals surface area contributed by atoms with Gasteiger partial charge < -0.3 is 4.74 Å². The van der Waals surface area contributed by atoms with Crippen LogP contribution in [0.25, 0.3) is 55.5 Å². The Morgan fingerprint density at radius 2 is 1.45 bits per heavy atom. The number of para-hydroxylation sites is 3. The molecule has 3 heterocycles. The van der Waals surface area contributed by atoms with Crippen molar-refractivity contribution in [3.8, 4) is 34.1 Å². The molecule has 47 heavy (non-hydrogen) atoms. The first kappa shape index (κ1) is 25.5. The van der Waals surface area contributed by atoms with E-state index in [1.807, 2.05) is 98.2 Å². The molecule has 5 nitrogen and oxygen atoms in total. The third-order valence-electron chi connectivity index (χ3n) is 8.90. The largest absolute Gasteiger partial charge is 0.457 e. The summed E-state index contributed by atoms with van der Waals surface area (Å²) in [6.45, 7) is 6.02. The Balaban J connectivity index is 1.24. The highest BCUT2D eigenvalue weighted by Crippen LogP contribution is 2.37. The second kappa shape index (κ2) is 11.0. The predicted molar refractivity (Wildman–Crippen MR) is 193 cm³/mol. The molecule has 0 bridgehead atoms. The van der Waals surface area contributed by atoms with Gasteiger partial charge in [0.25, 0.3) is 0 Å². The summed E-state index contributed by atoms with van der Waals surface area (Å²) in [6.07, 6.45) is 3.59. The number of imidazole rings is 1. The van der Waals surface area contributed by atoms with Crippen LogP contribution in [0.5, 0.6) is 11.5 Å². The number of pyridine rings is 1. The lowest BCUT2D eigenvalue weighted by Gasteiger charge is -2.22. The molecule has 0 atom stereocenters. The van der Waals surface area contributed by atoms with Crippen LogP contribution >= 0.6 is 0 Å². The van der Waals surface area contributed by atoms with Crippen LogP contribution in [-0.2, 0) is 5.41 Å². The van der Waals surface area contributed by atoms with Crippen molar-refractivity contribution in [1.29, 1.82) is 0 Å². The van der Waals surface area contributed by atoms with Crippen molar-refractivity contribution in [1.82, 2.24) is 19.1 Å². The fourth-order valence-electron chi connectivity index (χ4n) is 6.56. The summed E-state index contributed by atoms with van der Waals surface area (Å²) >= 11 is 0. The summed E-state index contributed by atoms with van der Waals surface area (Å²) in [5.74, 6) is 2.08. The van der Waals surface area contributed by atoms with E-state index in [1.165, 1.54) is 0 Å². The molecule has 0 aliphatic rings. The van der Waals surface area contributed by atoms with Crippen molar-refractivity contribution in [3.05, 3.63) is 144 Å². The van der Waals surface area contributed by atoms with Crippen LogP contribution in [-0.4, -0.2) is 19.1 Å². The summed E-state index contributed by atoms with van der Waals surface area (Å²) in [6, 6.07) is 38.2. The summed E-state index contributed by atoms with van der Waals surface area (Å²) in [5, 5.41) is 2.15. The van der Waals surface area contributed by atoms with E-state index in [9.17, 15) is 0 Å². The fourth-order valence-corrected chi connectivity index (χ4v) is 6.56. The van der Waals surface area contributed by atoms with Gasteiger partial charge in [-0.1, -0.05) is 69.3 Å². The molecule has 8 aromatic rings. The second-order valence-corrected chi connectivity index (χ2v) is 13.1. The topological polar surface area (TPSA) is 44.9 Å². The molecule has 5 heteroatoms. The highest BCUT2D eigenvalue weighted by Gasteiger charge is 2.19. The third kappa shape index (κ3) is 5.05. The Hall–Kier alpha value is -5.68. The minimum Gasteiger partial charge on any atom is -0.457 e. The molecule has 0 spiro atoms. The third-order valence-corrected chi connectivity index (χ3v) is 8.90. The van der Waals surface area contributed by atoms with E-state index >= 15 is 0 Å². The lowest BCUT2D eigenvalue weighted by atomic mass is 9.83. The standard InChI is InChI=1S/C42H36N4O/c1-27-21-30(42(3,4)5)22-28(2)41(27)29-19-20-43-40(23-29)46-37-15-8-6-13-34(37)35-18-17-33(25-39(35)46)47-32-12-10-11-31(24-32)45-26-44-36-14-7-9-16-38(36)45/h6-26H,1-5H3/i1D3. The van der Waals surface area contributed by atoms with E-state index in [2.05, 4.69) is 65.2 Å². The number of aryl methyl sites for hydroxylation is 2. The van der Waals surface area contributed by atoms with Crippen molar-refractivity contribution < 1.29 is 8.85 Å². The smallest absolute Gasteiger partial charge is 0.138 e. The lowest BCUT2D eigenvalue weighted by molar-refractivity contribution is 0.483. The number of rotatable bonds is 5. The van der Waals surface area contributed by atoms with Gasteiger partial charge in [-0.25, -0.2) is 9.97 Å². The van der Waals surface area contributed by atoms with Gasteiger partial charge in [0.2, 0.25) is 0 Å². The van der Waals surface area contributed by atoms with Crippen LogP contribution < -0.4 is 4.74 Å². The predicted octanol–water partition coefficient (Wildman–Crippen LogP) is 10.9. The molecule has 0 radical (unpaired) electrons. The maximum Gasteiger partial charge on any atom is 0.138 e. The second-order valence-electron chi connectivity index (χ2n) is 13.1. The molecule has 0 amide bonds. The molecule has 0 aliphatic carbocycles. The Labute approximate surface area is 279 Å². The van der Waals surface area contributed by atoms with E-state index in [0.29, 0.717) is 22.9 Å². The highest BCUT2D eigenvalue weighted by atomic mass is 16.5. The number of benzene rings is 5. The van der Waals surface area contributed by atoms with Gasteiger partial charge in [0.15, 0.2) is 0 Å². The van der Waals surface area contributed by atoms with Crippen molar-refractivity contribution in [2.45, 2.75) is 40.0 Å². The van der Waals surface area contributed by atoms with Gasteiger partial charge in [0.05, 0.1) is 27.8 Å². The maximum atomic E-state index is 8.47. The zero-order chi connectivity index (χ0) is 34.8. The molecule has 0 saturated carbocycles. The molecule has 0 N–H and O–H groups in total. The van der Waals surface area contributed by atoms with E-state index in [0.717, 1.165) is 60.8 Å². The van der Waals surface area contributed by atoms with Gasteiger partial charge in [-0.3, -0.25) is 9.13 Å². The first-order valence-electron chi connectivity index (χ1n) is 17.3. The highest BCUT2D eigenvalue weighted by molar-refractivity contribution is 6.09. The van der Waals surface area contributed by atoms with Crippen LogP contribution in [0.1, 0.15) is 41.6 Å². The van der Waals surface area contributed by atoms with Crippen molar-refractivity contribution in [2.24, 2.45) is 0 Å². The zero-order valence-corrected chi connectivity index (χ0v) is 26.8. The number of hydrogen-bond donors (Lipinski definition) is 0. The Kier molecular flexibility index (Phi) is 5.96. The van der Waals surface area contributed by atoms with Crippen LogP contribution in [0.3, 0.4) is 0 Å². The van der Waals surface area contributed by atoms with Crippen LogP contribution in [0.15, 0.2) is 128 Å². The number of aromatic nitrogens is 4. The van der Waals surface area contributed by atoms with Crippen molar-refractivity contribution in [2.75, 3.05) is 0 Å². The summed E-state index contributed by atoms with van der Waals surface area (Å²) in [4.78, 5) is 9.39. The maximum absolute atomic E-state index is 8.47. The quantitative estimate of drug-likeness (QED) is 0.193. The van der Waals surface area contributed by atoms with E-state index in [-0.39, 0.29) is 5.41 Å². The van der Waals surface area contributed by atoms with E-state index < -0.39 is 6.85 Å². The first-order valence-corrected chi connectivity index (χ1v) is 15.8. The molecule has 0 fully saturated rings. The summed E-state index contributed by atoms with van der Waals surface area (Å²) in [7, 11) is 0. The number of ether oxygens (including phenoxy) is 1. The Morgan fingerprint density at radius 3 is 2.30 bits per heavy atom. The Morgan fingerprint density at radius 1 is 0.681 bits per heavy atom. The monoisotopic (exact) mass is 615 g/mol. The molecule has 230 valence electrons. The molecular weight excluding hydrogens is 576 g/mol. The number of hydrogen-bond acceptors (Lipinski definition) is 3. The molecule has 0 aliphatic heterocycles. The lowest BCUT2D eigenvalue weighted by Crippen LogP contribution is -2.12. The number of fused-ring (bicyclic) bond motifs is 4. The van der Waals surface area contributed by atoms with Crippen LogP contribution in [0.2, 0.25) is 0 Å². The fraction of sp³-hybridized carbons (Fsp3) is 0.143. The molecular formula is C42H36N4O. The normalized spacial score (nSPS) is 13.1. The number of nitrogens with zero attached hydrogens (tertiary/aromatic N) is 4. The molecule has 5 aromatic carbocycles. The first-order chi connectivity index (χ1) is 24.0. The van der Waals surface area contributed by atoms with E-state index in [4.69, 9.17) is 13.8 Å². The molecule has 3 aromatic heterocycles. The minimum atomic E-state index is -2.29. The summed E-state index contributed by atoms with van der Waals surface area (Å²) in [5.41, 5.74) is 8.44. The van der Waals surface area contributed by atoms with Crippen molar-refractivity contribution in [3.63, 3.8) is 0 Å². The van der Waals surface area contributed by atoms with Gasteiger partial charge in [0.1, 0.15) is 23.6 Å². The van der Waals surface area contributed by atoms with Gasteiger partial charge in [-0.2, -0.15) is 0 Å². The van der Waals surface area contributed by atoms with Gasteiger partial charge in [0, 0.05) is 33.2 Å². The summed E-state index contributed by atoms with van der Waals surface area (Å²) < 4.78 is 36.1. The average molecular weight is 616 g/mol. The SMILES string of the molecule is [2H]C([2H])([2H])c1cc(C(C)(C)C)cc(C)c1-c1ccnc(-n2c3ccccc3c3ccc(Oc4cccc(-n5cnc6ccccc65)c4)cc32)c1. The zero-order valence-electron chi connectivity index (χ0n) is 29.8.